The van der Waals surface area contributed by atoms with E-state index in [1.54, 1.807) is 6.08 Å². The van der Waals surface area contributed by atoms with Crippen molar-refractivity contribution >= 4 is 11.9 Å². The summed E-state index contributed by atoms with van der Waals surface area (Å²) in [5.74, 6) is -0.536. The van der Waals surface area contributed by atoms with Gasteiger partial charge < -0.3 is 14.2 Å². The highest BCUT2D eigenvalue weighted by Crippen LogP contribution is 2.13. The van der Waals surface area contributed by atoms with E-state index >= 15 is 0 Å². The minimum Gasteiger partial charge on any atom is -0.469 e. The van der Waals surface area contributed by atoms with E-state index in [2.05, 4.69) is 4.74 Å². The van der Waals surface area contributed by atoms with Gasteiger partial charge in [-0.15, -0.1) is 0 Å². The maximum absolute atomic E-state index is 11.5. The number of hydrogen-bond acceptors (Lipinski definition) is 5. The number of carbonyl (C=O) groups excluding carboxylic acids is 2. The molecule has 5 heteroatoms. The molecule has 0 amide bonds. The molecule has 0 N–H and O–H groups in total. The van der Waals surface area contributed by atoms with E-state index in [0.29, 0.717) is 19.6 Å². The Hall–Kier alpha value is -2.14. The molecule has 1 rings (SSSR count). The quantitative estimate of drug-likeness (QED) is 0.490. The minimum atomic E-state index is -0.286. The van der Waals surface area contributed by atoms with Gasteiger partial charge in [-0.1, -0.05) is 42.5 Å². The highest BCUT2D eigenvalue weighted by atomic mass is 16.5. The Morgan fingerprint density at radius 2 is 1.74 bits per heavy atom. The van der Waals surface area contributed by atoms with Crippen molar-refractivity contribution in [3.63, 3.8) is 0 Å². The molecule has 0 fully saturated rings. The summed E-state index contributed by atoms with van der Waals surface area (Å²) < 4.78 is 15.0. The molecule has 23 heavy (non-hydrogen) atoms. The molecule has 0 radical (unpaired) electrons. The lowest BCUT2D eigenvalue weighted by molar-refractivity contribution is -0.142. The van der Waals surface area contributed by atoms with E-state index in [1.165, 1.54) is 14.2 Å². The Bertz CT molecular complexity index is 495. The van der Waals surface area contributed by atoms with Crippen molar-refractivity contribution in [1.29, 1.82) is 0 Å². The zero-order chi connectivity index (χ0) is 16.9. The van der Waals surface area contributed by atoms with Crippen LogP contribution >= 0.6 is 0 Å². The average molecular weight is 320 g/mol. The molecule has 126 valence electrons. The fourth-order valence-corrected chi connectivity index (χ4v) is 2.00. The SMILES string of the molecule is COC(=O)C/C=C/C[C@H](COCc1ccccc1)CC(=O)OC. The first-order valence-corrected chi connectivity index (χ1v) is 7.56. The average Bonchev–Trinajstić information content (AvgIpc) is 2.58. The Kier molecular flexibility index (Phi) is 9.40. The monoisotopic (exact) mass is 320 g/mol. The fourth-order valence-electron chi connectivity index (χ4n) is 2.00. The van der Waals surface area contributed by atoms with Crippen LogP contribution in [-0.2, 0) is 30.4 Å². The molecule has 0 aliphatic rings. The van der Waals surface area contributed by atoms with Gasteiger partial charge in [0.2, 0.25) is 0 Å². The van der Waals surface area contributed by atoms with Gasteiger partial charge in [0.25, 0.3) is 0 Å². The van der Waals surface area contributed by atoms with Crippen molar-refractivity contribution in [2.75, 3.05) is 20.8 Å². The van der Waals surface area contributed by atoms with E-state index < -0.39 is 0 Å². The van der Waals surface area contributed by atoms with Gasteiger partial charge in [0.05, 0.1) is 40.3 Å². The normalized spacial score (nSPS) is 12.1. The second-order valence-electron chi connectivity index (χ2n) is 5.13. The largest absolute Gasteiger partial charge is 0.469 e. The molecule has 0 aromatic heterocycles. The summed E-state index contributed by atoms with van der Waals surface area (Å²) in [6.45, 7) is 0.955. The molecule has 0 aliphatic heterocycles. The maximum atomic E-state index is 11.5. The van der Waals surface area contributed by atoms with Crippen molar-refractivity contribution in [1.82, 2.24) is 0 Å². The van der Waals surface area contributed by atoms with Gasteiger partial charge in [-0.3, -0.25) is 9.59 Å². The van der Waals surface area contributed by atoms with E-state index in [1.807, 2.05) is 36.4 Å². The van der Waals surface area contributed by atoms with E-state index in [4.69, 9.17) is 9.47 Å². The van der Waals surface area contributed by atoms with Gasteiger partial charge in [-0.05, 0) is 17.9 Å². The molecule has 1 aromatic carbocycles. The number of hydrogen-bond donors (Lipinski definition) is 0. The second-order valence-corrected chi connectivity index (χ2v) is 5.13. The summed E-state index contributed by atoms with van der Waals surface area (Å²) in [6.07, 6.45) is 4.77. The lowest BCUT2D eigenvalue weighted by Gasteiger charge is -2.14. The van der Waals surface area contributed by atoms with Crippen LogP contribution in [0.3, 0.4) is 0 Å². The molecular weight excluding hydrogens is 296 g/mol. The van der Waals surface area contributed by atoms with Crippen LogP contribution in [0, 0.1) is 5.92 Å². The topological polar surface area (TPSA) is 61.8 Å². The molecule has 0 saturated carbocycles. The Morgan fingerprint density at radius 1 is 1.04 bits per heavy atom. The van der Waals surface area contributed by atoms with Crippen molar-refractivity contribution < 1.29 is 23.8 Å². The lowest BCUT2D eigenvalue weighted by Crippen LogP contribution is -2.15. The summed E-state index contributed by atoms with van der Waals surface area (Å²) >= 11 is 0. The number of rotatable bonds is 10. The maximum Gasteiger partial charge on any atom is 0.309 e. The number of ether oxygens (including phenoxy) is 3. The van der Waals surface area contributed by atoms with Crippen molar-refractivity contribution in [2.24, 2.45) is 5.92 Å². The molecule has 0 unspecified atom stereocenters. The molecule has 0 saturated heterocycles. The van der Waals surface area contributed by atoms with E-state index in [-0.39, 0.29) is 30.7 Å². The predicted molar refractivity (Wildman–Crippen MR) is 86.6 cm³/mol. The third kappa shape index (κ3) is 8.78. The number of allylic oxidation sites excluding steroid dienone is 1. The summed E-state index contributed by atoms with van der Waals surface area (Å²) in [7, 11) is 2.73. The van der Waals surface area contributed by atoms with Crippen LogP contribution in [0.15, 0.2) is 42.5 Å². The molecule has 0 bridgehead atoms. The number of esters is 2. The van der Waals surface area contributed by atoms with Crippen LogP contribution < -0.4 is 0 Å². The van der Waals surface area contributed by atoms with Gasteiger partial charge in [-0.2, -0.15) is 0 Å². The van der Waals surface area contributed by atoms with Crippen molar-refractivity contribution in [3.8, 4) is 0 Å². The van der Waals surface area contributed by atoms with Crippen molar-refractivity contribution in [3.05, 3.63) is 48.0 Å². The van der Waals surface area contributed by atoms with Crippen LogP contribution in [0.1, 0.15) is 24.8 Å². The fraction of sp³-hybridized carbons (Fsp3) is 0.444. The van der Waals surface area contributed by atoms with Crippen LogP contribution in [0.2, 0.25) is 0 Å². The highest BCUT2D eigenvalue weighted by Gasteiger charge is 2.13. The van der Waals surface area contributed by atoms with Crippen LogP contribution in [-0.4, -0.2) is 32.8 Å². The molecular formula is C18H24O5. The van der Waals surface area contributed by atoms with Gasteiger partial charge >= 0.3 is 11.9 Å². The molecule has 0 spiro atoms. The zero-order valence-electron chi connectivity index (χ0n) is 13.7. The summed E-state index contributed by atoms with van der Waals surface area (Å²) in [6, 6.07) is 9.85. The third-order valence-electron chi connectivity index (χ3n) is 3.30. The van der Waals surface area contributed by atoms with Gasteiger partial charge in [0.1, 0.15) is 0 Å². The van der Waals surface area contributed by atoms with Crippen LogP contribution in [0.4, 0.5) is 0 Å². The lowest BCUT2D eigenvalue weighted by atomic mass is 10.0. The van der Waals surface area contributed by atoms with Gasteiger partial charge in [0.15, 0.2) is 0 Å². The smallest absolute Gasteiger partial charge is 0.309 e. The standard InChI is InChI=1S/C18H24O5/c1-21-17(19)11-7-6-10-16(12-18(20)22-2)14-23-13-15-8-4-3-5-9-15/h3-9,16H,10-14H2,1-2H3/b7-6+/t16-/m0/s1. The van der Waals surface area contributed by atoms with Gasteiger partial charge in [-0.25, -0.2) is 0 Å². The van der Waals surface area contributed by atoms with Gasteiger partial charge in [0, 0.05) is 0 Å². The number of carbonyl (C=O) groups is 2. The molecule has 5 nitrogen and oxygen atoms in total. The third-order valence-corrected chi connectivity index (χ3v) is 3.30. The van der Waals surface area contributed by atoms with Crippen molar-refractivity contribution in [2.45, 2.75) is 25.9 Å². The van der Waals surface area contributed by atoms with E-state index in [9.17, 15) is 9.59 Å². The first kappa shape index (κ1) is 18.9. The van der Waals surface area contributed by atoms with Crippen LogP contribution in [0.5, 0.6) is 0 Å². The Labute approximate surface area is 137 Å². The number of methoxy groups -OCH3 is 2. The predicted octanol–water partition coefficient (Wildman–Crippen LogP) is 2.89. The zero-order valence-corrected chi connectivity index (χ0v) is 13.7. The summed E-state index contributed by atoms with van der Waals surface area (Å²) in [4.78, 5) is 22.5. The summed E-state index contributed by atoms with van der Waals surface area (Å²) in [5.41, 5.74) is 1.09. The first-order chi connectivity index (χ1) is 11.2. The number of benzene rings is 1. The van der Waals surface area contributed by atoms with E-state index in [0.717, 1.165) is 5.56 Å². The molecule has 1 aromatic rings. The first-order valence-electron chi connectivity index (χ1n) is 7.56. The Balaban J connectivity index is 2.41. The minimum absolute atomic E-state index is 0.0139. The van der Waals surface area contributed by atoms with Crippen LogP contribution in [0.25, 0.3) is 0 Å². The molecule has 0 aliphatic carbocycles. The Morgan fingerprint density at radius 3 is 2.39 bits per heavy atom. The molecule has 1 atom stereocenters. The summed E-state index contributed by atoms with van der Waals surface area (Å²) in [5, 5.41) is 0. The highest BCUT2D eigenvalue weighted by molar-refractivity contribution is 5.71. The second kappa shape index (κ2) is 11.4. The molecule has 0 heterocycles.